The number of hydrogen-bond donors (Lipinski definition) is 1. The molecule has 0 spiro atoms. The fourth-order valence-electron chi connectivity index (χ4n) is 2.99. The average Bonchev–Trinajstić information content (AvgIpc) is 2.76. The number of alkyl halides is 3. The highest BCUT2D eigenvalue weighted by atomic mass is 19.4. The maximum absolute atomic E-state index is 14.3. The van der Waals surface area contributed by atoms with E-state index in [1.165, 1.54) is 61.8 Å². The summed E-state index contributed by atoms with van der Waals surface area (Å²) in [5, 5.41) is 2.66. The molecule has 1 amide bonds. The molecule has 0 bridgehead atoms. The Morgan fingerprint density at radius 3 is 2.52 bits per heavy atom. The van der Waals surface area contributed by atoms with Crippen molar-refractivity contribution in [3.8, 4) is 17.0 Å². The molecule has 1 aromatic carbocycles. The van der Waals surface area contributed by atoms with E-state index in [0.717, 1.165) is 0 Å². The zero-order valence-corrected chi connectivity index (χ0v) is 17.4. The summed E-state index contributed by atoms with van der Waals surface area (Å²) in [5.41, 5.74) is 1.19. The number of halogens is 4. The Kier molecular flexibility index (Phi) is 7.37. The topological polar surface area (TPSA) is 81.2 Å². The lowest BCUT2D eigenvalue weighted by molar-refractivity contribution is -0.154. The van der Waals surface area contributed by atoms with E-state index in [9.17, 15) is 27.2 Å². The molecule has 0 atom stereocenters. The lowest BCUT2D eigenvalue weighted by Gasteiger charge is -2.14. The number of ether oxygens (including phenoxy) is 1. The highest BCUT2D eigenvalue weighted by Crippen LogP contribution is 2.32. The minimum absolute atomic E-state index is 0.0124. The van der Waals surface area contributed by atoms with E-state index in [1.54, 1.807) is 0 Å². The third-order valence-electron chi connectivity index (χ3n) is 4.41. The number of rotatable bonds is 8. The first-order chi connectivity index (χ1) is 15.6. The van der Waals surface area contributed by atoms with Gasteiger partial charge in [0.2, 0.25) is 5.88 Å². The molecule has 6 nitrogen and oxygen atoms in total. The minimum Gasteiger partial charge on any atom is -0.468 e. The molecule has 0 aliphatic heterocycles. The smallest absolute Gasteiger partial charge is 0.422 e. The number of amides is 1. The van der Waals surface area contributed by atoms with Gasteiger partial charge in [0.25, 0.3) is 5.91 Å². The maximum atomic E-state index is 14.3. The van der Waals surface area contributed by atoms with Gasteiger partial charge in [-0.2, -0.15) is 13.2 Å². The molecule has 0 aliphatic carbocycles. The Morgan fingerprint density at radius 1 is 1.06 bits per heavy atom. The van der Waals surface area contributed by atoms with Crippen molar-refractivity contribution in [2.75, 3.05) is 6.61 Å². The van der Waals surface area contributed by atoms with Gasteiger partial charge in [0, 0.05) is 47.7 Å². The first-order valence-corrected chi connectivity index (χ1v) is 9.78. The van der Waals surface area contributed by atoms with Gasteiger partial charge in [-0.1, -0.05) is 18.2 Å². The number of nitrogens with zero attached hydrogens (tertiary/aromatic N) is 2. The second-order valence-corrected chi connectivity index (χ2v) is 7.18. The summed E-state index contributed by atoms with van der Waals surface area (Å²) in [6.45, 7) is -0.198. The van der Waals surface area contributed by atoms with Crippen molar-refractivity contribution in [3.05, 3.63) is 77.5 Å². The SMILES string of the molecule is CC(=O)Cc1cc(C(=O)NCc2cnc(OCC(F)(F)F)c(-c3ccccc3F)c2)ccn1. The Hall–Kier alpha value is -3.82. The summed E-state index contributed by atoms with van der Waals surface area (Å²) >= 11 is 0. The molecule has 2 aromatic heterocycles. The molecule has 3 rings (SSSR count). The monoisotopic (exact) mass is 461 g/mol. The first kappa shape index (κ1) is 23.8. The third kappa shape index (κ3) is 6.83. The van der Waals surface area contributed by atoms with Crippen LogP contribution in [0.4, 0.5) is 17.6 Å². The van der Waals surface area contributed by atoms with Crippen LogP contribution >= 0.6 is 0 Å². The normalized spacial score (nSPS) is 11.2. The van der Waals surface area contributed by atoms with Crippen molar-refractivity contribution >= 4 is 11.7 Å². The van der Waals surface area contributed by atoms with Gasteiger partial charge < -0.3 is 10.1 Å². The fourth-order valence-corrected chi connectivity index (χ4v) is 2.99. The second kappa shape index (κ2) is 10.2. The van der Waals surface area contributed by atoms with Crippen LogP contribution in [0.3, 0.4) is 0 Å². The van der Waals surface area contributed by atoms with E-state index in [0.29, 0.717) is 11.3 Å². The highest BCUT2D eigenvalue weighted by Gasteiger charge is 2.29. The summed E-state index contributed by atoms with van der Waals surface area (Å²) in [4.78, 5) is 31.7. The second-order valence-electron chi connectivity index (χ2n) is 7.18. The Morgan fingerprint density at radius 2 is 1.82 bits per heavy atom. The molecule has 0 saturated carbocycles. The molecule has 0 radical (unpaired) electrons. The van der Waals surface area contributed by atoms with Crippen LogP contribution in [-0.4, -0.2) is 34.4 Å². The molecular formula is C23H19F4N3O3. The number of ketones is 1. The number of Topliss-reactive ketones (excluding diaryl/α,β-unsaturated/α-hetero) is 1. The maximum Gasteiger partial charge on any atom is 0.422 e. The number of pyridine rings is 2. The van der Waals surface area contributed by atoms with E-state index < -0.39 is 24.5 Å². The molecule has 3 aromatic rings. The Bertz CT molecular complexity index is 1170. The van der Waals surface area contributed by atoms with Crippen LogP contribution < -0.4 is 10.1 Å². The molecule has 0 fully saturated rings. The van der Waals surface area contributed by atoms with E-state index in [4.69, 9.17) is 4.74 Å². The van der Waals surface area contributed by atoms with Gasteiger partial charge in [-0.25, -0.2) is 9.37 Å². The van der Waals surface area contributed by atoms with Crippen molar-refractivity contribution in [1.29, 1.82) is 0 Å². The van der Waals surface area contributed by atoms with Gasteiger partial charge in [0.1, 0.15) is 11.6 Å². The first-order valence-electron chi connectivity index (χ1n) is 9.78. The molecule has 0 aliphatic rings. The van der Waals surface area contributed by atoms with Crippen LogP contribution in [-0.2, 0) is 17.8 Å². The molecule has 33 heavy (non-hydrogen) atoms. The van der Waals surface area contributed by atoms with E-state index in [2.05, 4.69) is 15.3 Å². The van der Waals surface area contributed by atoms with Gasteiger partial charge >= 0.3 is 6.18 Å². The summed E-state index contributed by atoms with van der Waals surface area (Å²) in [6, 6.07) is 9.92. The van der Waals surface area contributed by atoms with Crippen molar-refractivity contribution in [1.82, 2.24) is 15.3 Å². The van der Waals surface area contributed by atoms with Crippen LogP contribution in [0.25, 0.3) is 11.1 Å². The predicted octanol–water partition coefficient (Wildman–Crippen LogP) is 4.29. The lowest BCUT2D eigenvalue weighted by atomic mass is 10.0. The van der Waals surface area contributed by atoms with E-state index in [-0.39, 0.29) is 41.3 Å². The quantitative estimate of drug-likeness (QED) is 0.507. The average molecular weight is 461 g/mol. The van der Waals surface area contributed by atoms with Crippen molar-refractivity contribution in [3.63, 3.8) is 0 Å². The summed E-state index contributed by atoms with van der Waals surface area (Å²) in [5.74, 6) is -1.59. The largest absolute Gasteiger partial charge is 0.468 e. The minimum atomic E-state index is -4.59. The summed E-state index contributed by atoms with van der Waals surface area (Å²) in [6.07, 6.45) is -1.84. The third-order valence-corrected chi connectivity index (χ3v) is 4.41. The van der Waals surface area contributed by atoms with Crippen LogP contribution in [0.2, 0.25) is 0 Å². The molecule has 0 unspecified atom stereocenters. The van der Waals surface area contributed by atoms with Gasteiger partial charge in [0.05, 0.1) is 0 Å². The Labute approximate surface area is 186 Å². The zero-order valence-electron chi connectivity index (χ0n) is 17.4. The fraction of sp³-hybridized carbons (Fsp3) is 0.217. The van der Waals surface area contributed by atoms with Gasteiger partial charge in [-0.05, 0) is 36.8 Å². The molecular weight excluding hydrogens is 442 g/mol. The number of carbonyl (C=O) groups is 2. The van der Waals surface area contributed by atoms with Crippen LogP contribution in [0.1, 0.15) is 28.5 Å². The number of benzene rings is 1. The molecule has 0 saturated heterocycles. The van der Waals surface area contributed by atoms with Crippen molar-refractivity contribution < 1.29 is 31.9 Å². The number of nitrogens with one attached hydrogen (secondary N) is 1. The highest BCUT2D eigenvalue weighted by molar-refractivity contribution is 5.94. The van der Waals surface area contributed by atoms with Gasteiger partial charge in [0.15, 0.2) is 6.61 Å². The number of aromatic nitrogens is 2. The van der Waals surface area contributed by atoms with Gasteiger partial charge in [-0.15, -0.1) is 0 Å². The summed E-state index contributed by atoms with van der Waals surface area (Å²) in [7, 11) is 0. The van der Waals surface area contributed by atoms with Crippen molar-refractivity contribution in [2.45, 2.75) is 26.1 Å². The number of carbonyl (C=O) groups excluding carboxylic acids is 2. The zero-order chi connectivity index (χ0) is 24.0. The van der Waals surface area contributed by atoms with Gasteiger partial charge in [-0.3, -0.25) is 14.6 Å². The van der Waals surface area contributed by atoms with Crippen LogP contribution in [0.5, 0.6) is 5.88 Å². The van der Waals surface area contributed by atoms with Crippen molar-refractivity contribution in [2.24, 2.45) is 0 Å². The summed E-state index contributed by atoms with van der Waals surface area (Å²) < 4.78 is 56.9. The van der Waals surface area contributed by atoms with E-state index >= 15 is 0 Å². The standard InChI is InChI=1S/C23H19F4N3O3/c1-14(31)8-17-10-16(6-7-28-17)21(32)29-11-15-9-19(18-4-2-3-5-20(18)24)22(30-12-15)33-13-23(25,26)27/h2-7,9-10,12H,8,11,13H2,1H3,(H,29,32). The molecule has 2 heterocycles. The number of hydrogen-bond acceptors (Lipinski definition) is 5. The molecule has 172 valence electrons. The van der Waals surface area contributed by atoms with Crippen LogP contribution in [0, 0.1) is 5.82 Å². The lowest BCUT2D eigenvalue weighted by Crippen LogP contribution is -2.23. The van der Waals surface area contributed by atoms with Crippen LogP contribution in [0.15, 0.2) is 54.9 Å². The van der Waals surface area contributed by atoms with E-state index in [1.807, 2.05) is 0 Å². The predicted molar refractivity (Wildman–Crippen MR) is 111 cm³/mol. The molecule has 1 N–H and O–H groups in total. The molecule has 10 heteroatoms. The Balaban J connectivity index is 1.81.